The summed E-state index contributed by atoms with van der Waals surface area (Å²) in [6.45, 7) is 2.15. The summed E-state index contributed by atoms with van der Waals surface area (Å²) in [6, 6.07) is 3.36. The van der Waals surface area contributed by atoms with Crippen molar-refractivity contribution in [2.75, 3.05) is 6.54 Å². The fourth-order valence-electron chi connectivity index (χ4n) is 2.64. The maximum atomic E-state index is 12.6. The minimum absolute atomic E-state index is 0.00905. The Labute approximate surface area is 127 Å². The molecular weight excluding hydrogens is 290 g/mol. The molecule has 0 spiro atoms. The van der Waals surface area contributed by atoms with Gasteiger partial charge in [-0.2, -0.15) is 0 Å². The van der Waals surface area contributed by atoms with Gasteiger partial charge in [0.1, 0.15) is 0 Å². The van der Waals surface area contributed by atoms with E-state index in [1.54, 1.807) is 17.0 Å². The number of aliphatic carboxylic acids is 1. The van der Waals surface area contributed by atoms with Gasteiger partial charge >= 0.3 is 5.97 Å². The number of carbonyl (C=O) groups is 3. The van der Waals surface area contributed by atoms with Crippen LogP contribution in [0.25, 0.3) is 0 Å². The first-order valence-electron chi connectivity index (χ1n) is 7.12. The highest BCUT2D eigenvalue weighted by Crippen LogP contribution is 2.26. The molecule has 0 aromatic carbocycles. The summed E-state index contributed by atoms with van der Waals surface area (Å²) in [4.78, 5) is 37.5. The van der Waals surface area contributed by atoms with E-state index < -0.39 is 5.97 Å². The largest absolute Gasteiger partial charge is 0.481 e. The second-order valence-electron chi connectivity index (χ2n) is 5.30. The molecule has 6 heteroatoms. The molecule has 1 atom stereocenters. The van der Waals surface area contributed by atoms with Crippen molar-refractivity contribution in [1.29, 1.82) is 0 Å². The minimum Gasteiger partial charge on any atom is -0.481 e. The van der Waals surface area contributed by atoms with E-state index in [-0.39, 0.29) is 24.2 Å². The molecule has 1 aromatic rings. The van der Waals surface area contributed by atoms with E-state index in [9.17, 15) is 14.4 Å². The van der Waals surface area contributed by atoms with Crippen LogP contribution < -0.4 is 0 Å². The first-order chi connectivity index (χ1) is 9.99. The molecular formula is C15H19NO4S. The van der Waals surface area contributed by atoms with Crippen LogP contribution in [0, 0.1) is 0 Å². The summed E-state index contributed by atoms with van der Waals surface area (Å²) >= 11 is 1.21. The number of ketones is 1. The Kier molecular flexibility index (Phi) is 5.12. The Balaban J connectivity index is 2.10. The highest BCUT2D eigenvalue weighted by atomic mass is 32.1. The van der Waals surface area contributed by atoms with Gasteiger partial charge in [0, 0.05) is 19.0 Å². The molecule has 0 bridgehead atoms. The first kappa shape index (κ1) is 15.7. The second-order valence-corrected chi connectivity index (χ2v) is 6.38. The molecule has 5 nitrogen and oxygen atoms in total. The van der Waals surface area contributed by atoms with E-state index in [1.807, 2.05) is 0 Å². The van der Waals surface area contributed by atoms with Crippen LogP contribution in [0.3, 0.4) is 0 Å². The lowest BCUT2D eigenvalue weighted by molar-refractivity contribution is -0.137. The number of Topliss-reactive ketones (excluding diaryl/α,β-unsaturated/α-hetero) is 1. The Morgan fingerprint density at radius 3 is 2.62 bits per heavy atom. The number of carboxylic acids is 1. The van der Waals surface area contributed by atoms with Crippen molar-refractivity contribution in [1.82, 2.24) is 4.90 Å². The number of hydrogen-bond donors (Lipinski definition) is 1. The van der Waals surface area contributed by atoms with Crippen LogP contribution in [0.2, 0.25) is 0 Å². The van der Waals surface area contributed by atoms with Crippen LogP contribution in [0.4, 0.5) is 0 Å². The van der Waals surface area contributed by atoms with E-state index in [1.165, 1.54) is 18.3 Å². The predicted molar refractivity (Wildman–Crippen MR) is 79.9 cm³/mol. The standard InChI is InChI=1S/C15H19NO4S/c1-10(17)12-6-7-13(21-12)15(20)16-9-3-2-4-11(16)5-8-14(18)19/h6-7,11H,2-5,8-9H2,1H3,(H,18,19). The predicted octanol–water partition coefficient (Wildman–Crippen LogP) is 2.81. The lowest BCUT2D eigenvalue weighted by Gasteiger charge is -2.35. The summed E-state index contributed by atoms with van der Waals surface area (Å²) in [7, 11) is 0. The van der Waals surface area contributed by atoms with Crippen molar-refractivity contribution in [3.63, 3.8) is 0 Å². The van der Waals surface area contributed by atoms with Crippen LogP contribution in [-0.4, -0.2) is 40.3 Å². The summed E-state index contributed by atoms with van der Waals surface area (Å²) in [5, 5.41) is 8.81. The van der Waals surface area contributed by atoms with E-state index >= 15 is 0 Å². The Bertz CT molecular complexity index is 552. The Morgan fingerprint density at radius 2 is 2.00 bits per heavy atom. The van der Waals surface area contributed by atoms with Gasteiger partial charge in [-0.15, -0.1) is 11.3 Å². The molecule has 2 rings (SSSR count). The number of likely N-dealkylation sites (tertiary alicyclic amines) is 1. The molecule has 1 unspecified atom stereocenters. The molecule has 1 fully saturated rings. The quantitative estimate of drug-likeness (QED) is 0.849. The van der Waals surface area contributed by atoms with Crippen LogP contribution in [-0.2, 0) is 4.79 Å². The zero-order chi connectivity index (χ0) is 15.4. The molecule has 0 radical (unpaired) electrons. The summed E-state index contributed by atoms with van der Waals surface area (Å²) < 4.78 is 0. The van der Waals surface area contributed by atoms with Crippen molar-refractivity contribution < 1.29 is 19.5 Å². The van der Waals surface area contributed by atoms with Crippen LogP contribution in [0.15, 0.2) is 12.1 Å². The number of carbonyl (C=O) groups excluding carboxylic acids is 2. The lowest BCUT2D eigenvalue weighted by atomic mass is 9.97. The number of nitrogens with zero attached hydrogens (tertiary/aromatic N) is 1. The molecule has 2 heterocycles. The highest BCUT2D eigenvalue weighted by molar-refractivity contribution is 7.15. The van der Waals surface area contributed by atoms with Crippen LogP contribution >= 0.6 is 11.3 Å². The third-order valence-corrected chi connectivity index (χ3v) is 4.92. The van der Waals surface area contributed by atoms with Crippen LogP contribution in [0.1, 0.15) is 58.4 Å². The lowest BCUT2D eigenvalue weighted by Crippen LogP contribution is -2.43. The van der Waals surface area contributed by atoms with Gasteiger partial charge in [-0.3, -0.25) is 14.4 Å². The molecule has 114 valence electrons. The van der Waals surface area contributed by atoms with Crippen molar-refractivity contribution >= 4 is 29.0 Å². The smallest absolute Gasteiger partial charge is 0.303 e. The first-order valence-corrected chi connectivity index (χ1v) is 7.94. The number of hydrogen-bond acceptors (Lipinski definition) is 4. The number of amides is 1. The summed E-state index contributed by atoms with van der Waals surface area (Å²) in [5.41, 5.74) is 0. The van der Waals surface area contributed by atoms with E-state index in [0.29, 0.717) is 22.7 Å². The fraction of sp³-hybridized carbons (Fsp3) is 0.533. The van der Waals surface area contributed by atoms with Gasteiger partial charge in [-0.1, -0.05) is 0 Å². The van der Waals surface area contributed by atoms with Gasteiger partial charge in [0.05, 0.1) is 9.75 Å². The maximum Gasteiger partial charge on any atom is 0.303 e. The number of rotatable bonds is 5. The number of piperidine rings is 1. The van der Waals surface area contributed by atoms with Gasteiger partial charge in [0.25, 0.3) is 5.91 Å². The molecule has 0 aliphatic carbocycles. The molecule has 1 N–H and O–H groups in total. The minimum atomic E-state index is -0.831. The van der Waals surface area contributed by atoms with Gasteiger partial charge in [-0.25, -0.2) is 0 Å². The Hall–Kier alpha value is -1.69. The topological polar surface area (TPSA) is 74.7 Å². The normalized spacial score (nSPS) is 18.5. The molecule has 1 aromatic heterocycles. The highest BCUT2D eigenvalue weighted by Gasteiger charge is 2.28. The number of thiophene rings is 1. The van der Waals surface area contributed by atoms with E-state index in [2.05, 4.69) is 0 Å². The SMILES string of the molecule is CC(=O)c1ccc(C(=O)N2CCCCC2CCC(=O)O)s1. The third-order valence-electron chi connectivity index (χ3n) is 3.74. The van der Waals surface area contributed by atoms with Crippen molar-refractivity contribution in [3.8, 4) is 0 Å². The Morgan fingerprint density at radius 1 is 1.29 bits per heavy atom. The van der Waals surface area contributed by atoms with Crippen molar-refractivity contribution in [3.05, 3.63) is 21.9 Å². The van der Waals surface area contributed by atoms with E-state index in [4.69, 9.17) is 5.11 Å². The van der Waals surface area contributed by atoms with Gasteiger partial charge in [0.15, 0.2) is 5.78 Å². The number of carboxylic acid groups (broad SMARTS) is 1. The molecule has 1 aliphatic rings. The monoisotopic (exact) mass is 309 g/mol. The molecule has 1 amide bonds. The fourth-order valence-corrected chi connectivity index (χ4v) is 3.50. The van der Waals surface area contributed by atoms with Gasteiger partial charge in [-0.05, 0) is 44.7 Å². The average molecular weight is 309 g/mol. The second kappa shape index (κ2) is 6.85. The molecule has 1 saturated heterocycles. The third kappa shape index (κ3) is 3.91. The zero-order valence-corrected chi connectivity index (χ0v) is 12.8. The summed E-state index contributed by atoms with van der Waals surface area (Å²) in [5.74, 6) is -0.953. The van der Waals surface area contributed by atoms with Crippen LogP contribution in [0.5, 0.6) is 0 Å². The summed E-state index contributed by atoms with van der Waals surface area (Å²) in [6.07, 6.45) is 3.39. The maximum absolute atomic E-state index is 12.6. The average Bonchev–Trinajstić information content (AvgIpc) is 2.94. The van der Waals surface area contributed by atoms with Gasteiger partial charge < -0.3 is 10.0 Å². The molecule has 21 heavy (non-hydrogen) atoms. The molecule has 1 aliphatic heterocycles. The van der Waals surface area contributed by atoms with E-state index in [0.717, 1.165) is 19.3 Å². The molecule has 0 saturated carbocycles. The zero-order valence-electron chi connectivity index (χ0n) is 12.0. The van der Waals surface area contributed by atoms with Crippen molar-refractivity contribution in [2.24, 2.45) is 0 Å². The van der Waals surface area contributed by atoms with Gasteiger partial charge in [0.2, 0.25) is 0 Å². The van der Waals surface area contributed by atoms with Crippen molar-refractivity contribution in [2.45, 2.75) is 45.1 Å².